The number of carboxylic acid groups (broad SMARTS) is 1. The molecule has 0 bridgehead atoms. The van der Waals surface area contributed by atoms with E-state index in [1.165, 1.54) is 44.7 Å². The summed E-state index contributed by atoms with van der Waals surface area (Å²) >= 11 is 6.09. The number of non-ortho nitro benzene ring substituents is 1. The number of nitrogens with zero attached hydrogens (tertiary/aromatic N) is 2. The highest BCUT2D eigenvalue weighted by molar-refractivity contribution is 6.32. The van der Waals surface area contributed by atoms with Crippen molar-refractivity contribution in [1.82, 2.24) is 5.43 Å². The zero-order valence-corrected chi connectivity index (χ0v) is 16.5. The van der Waals surface area contributed by atoms with Crippen molar-refractivity contribution >= 4 is 35.4 Å². The summed E-state index contributed by atoms with van der Waals surface area (Å²) in [6.07, 6.45) is 1.25. The maximum absolute atomic E-state index is 12.3. The topological polar surface area (TPSA) is 150 Å². The number of ether oxygens (including phenoxy) is 3. The van der Waals surface area contributed by atoms with E-state index >= 15 is 0 Å². The number of carbonyl (C=O) groups is 2. The molecule has 0 unspecified atom stereocenters. The Morgan fingerprint density at radius 3 is 2.53 bits per heavy atom. The van der Waals surface area contributed by atoms with E-state index in [0.29, 0.717) is 5.56 Å². The van der Waals surface area contributed by atoms with Crippen molar-refractivity contribution in [3.63, 3.8) is 0 Å². The molecule has 2 rings (SSSR count). The Bertz CT molecular complexity index is 1010. The van der Waals surface area contributed by atoms with Gasteiger partial charge in [0.25, 0.3) is 11.6 Å². The zero-order chi connectivity index (χ0) is 22.3. The summed E-state index contributed by atoms with van der Waals surface area (Å²) in [5.41, 5.74) is 2.29. The van der Waals surface area contributed by atoms with Crippen molar-refractivity contribution in [3.8, 4) is 17.2 Å². The SMILES string of the molecule is COc1ccc([N+](=O)[O-])cc1C(=O)N/N=C\c1cc(Cl)c(OCC(=O)O)c(OC)c1. The minimum absolute atomic E-state index is 0.0454. The summed E-state index contributed by atoms with van der Waals surface area (Å²) in [5, 5.41) is 23.5. The molecule has 0 aliphatic carbocycles. The monoisotopic (exact) mass is 437 g/mol. The van der Waals surface area contributed by atoms with Crippen LogP contribution in [0.25, 0.3) is 0 Å². The van der Waals surface area contributed by atoms with Crippen LogP contribution in [0.2, 0.25) is 5.02 Å². The van der Waals surface area contributed by atoms with Crippen LogP contribution in [0.4, 0.5) is 5.69 Å². The van der Waals surface area contributed by atoms with Crippen molar-refractivity contribution < 1.29 is 33.8 Å². The molecule has 0 aliphatic heterocycles. The van der Waals surface area contributed by atoms with E-state index in [1.54, 1.807) is 0 Å². The highest BCUT2D eigenvalue weighted by atomic mass is 35.5. The van der Waals surface area contributed by atoms with Gasteiger partial charge in [-0.15, -0.1) is 0 Å². The van der Waals surface area contributed by atoms with E-state index in [9.17, 15) is 19.7 Å². The summed E-state index contributed by atoms with van der Waals surface area (Å²) in [7, 11) is 2.67. The Morgan fingerprint density at radius 2 is 1.93 bits per heavy atom. The molecule has 2 N–H and O–H groups in total. The quantitative estimate of drug-likeness (QED) is 0.345. The van der Waals surface area contributed by atoms with Gasteiger partial charge in [-0.25, -0.2) is 10.2 Å². The average molecular weight is 438 g/mol. The summed E-state index contributed by atoms with van der Waals surface area (Å²) < 4.78 is 15.3. The molecule has 30 heavy (non-hydrogen) atoms. The first-order valence-corrected chi connectivity index (χ1v) is 8.52. The first-order valence-electron chi connectivity index (χ1n) is 8.14. The molecule has 1 amide bonds. The third-order valence-corrected chi connectivity index (χ3v) is 3.89. The molecule has 12 heteroatoms. The first-order chi connectivity index (χ1) is 14.3. The summed E-state index contributed by atoms with van der Waals surface area (Å²) in [5.74, 6) is -1.57. The molecule has 0 aliphatic rings. The van der Waals surface area contributed by atoms with Gasteiger partial charge in [0.15, 0.2) is 18.1 Å². The van der Waals surface area contributed by atoms with Gasteiger partial charge in [0.05, 0.1) is 35.9 Å². The average Bonchev–Trinajstić information content (AvgIpc) is 2.71. The minimum atomic E-state index is -1.18. The van der Waals surface area contributed by atoms with Crippen molar-refractivity contribution in [3.05, 3.63) is 56.6 Å². The Balaban J connectivity index is 2.20. The number of carboxylic acids is 1. The van der Waals surface area contributed by atoms with E-state index in [4.69, 9.17) is 30.9 Å². The Labute approximate surface area is 175 Å². The molecule has 158 valence electrons. The molecular formula is C18H16ClN3O8. The zero-order valence-electron chi connectivity index (χ0n) is 15.7. The second-order valence-corrected chi connectivity index (χ2v) is 5.96. The van der Waals surface area contributed by atoms with E-state index in [0.717, 1.165) is 6.07 Å². The van der Waals surface area contributed by atoms with Crippen molar-refractivity contribution in [2.24, 2.45) is 5.10 Å². The van der Waals surface area contributed by atoms with Gasteiger partial charge in [-0.05, 0) is 23.8 Å². The number of benzene rings is 2. The molecule has 2 aromatic carbocycles. The van der Waals surface area contributed by atoms with Crippen LogP contribution in [-0.2, 0) is 4.79 Å². The number of amides is 1. The molecule has 0 saturated heterocycles. The van der Waals surface area contributed by atoms with Gasteiger partial charge in [-0.1, -0.05) is 11.6 Å². The van der Waals surface area contributed by atoms with Crippen LogP contribution in [0.15, 0.2) is 35.4 Å². The lowest BCUT2D eigenvalue weighted by atomic mass is 10.1. The fourth-order valence-corrected chi connectivity index (χ4v) is 2.57. The van der Waals surface area contributed by atoms with E-state index in [1.807, 2.05) is 0 Å². The maximum atomic E-state index is 12.3. The van der Waals surface area contributed by atoms with E-state index in [2.05, 4.69) is 10.5 Å². The summed E-state index contributed by atoms with van der Waals surface area (Å²) in [6.45, 7) is -0.607. The van der Waals surface area contributed by atoms with Crippen molar-refractivity contribution in [2.75, 3.05) is 20.8 Å². The highest BCUT2D eigenvalue weighted by Gasteiger charge is 2.17. The largest absolute Gasteiger partial charge is 0.496 e. The van der Waals surface area contributed by atoms with Crippen LogP contribution in [-0.4, -0.2) is 48.9 Å². The van der Waals surface area contributed by atoms with Crippen LogP contribution in [0.1, 0.15) is 15.9 Å². The normalized spacial score (nSPS) is 10.5. The van der Waals surface area contributed by atoms with Crippen LogP contribution in [0.3, 0.4) is 0 Å². The third-order valence-electron chi connectivity index (χ3n) is 3.61. The number of methoxy groups -OCH3 is 2. The van der Waals surface area contributed by atoms with Gasteiger partial charge in [-0.2, -0.15) is 5.10 Å². The number of carbonyl (C=O) groups excluding carboxylic acids is 1. The van der Waals surface area contributed by atoms with Crippen LogP contribution < -0.4 is 19.6 Å². The summed E-state index contributed by atoms with van der Waals surface area (Å²) in [6, 6.07) is 6.47. The molecule has 0 spiro atoms. The molecule has 11 nitrogen and oxygen atoms in total. The number of hydrazone groups is 1. The number of rotatable bonds is 9. The predicted octanol–water partition coefficient (Wildman–Crippen LogP) is 2.49. The number of halogens is 1. The van der Waals surface area contributed by atoms with Gasteiger partial charge in [-0.3, -0.25) is 14.9 Å². The molecule has 0 heterocycles. The van der Waals surface area contributed by atoms with Crippen LogP contribution in [0, 0.1) is 10.1 Å². The third kappa shape index (κ3) is 5.58. The summed E-state index contributed by atoms with van der Waals surface area (Å²) in [4.78, 5) is 33.3. The lowest BCUT2D eigenvalue weighted by Gasteiger charge is -2.11. The Morgan fingerprint density at radius 1 is 1.23 bits per heavy atom. The number of nitro groups is 1. The molecule has 0 aromatic heterocycles. The van der Waals surface area contributed by atoms with Gasteiger partial charge in [0.2, 0.25) is 0 Å². The lowest BCUT2D eigenvalue weighted by molar-refractivity contribution is -0.384. The number of hydrogen-bond donors (Lipinski definition) is 2. The second-order valence-electron chi connectivity index (χ2n) is 5.56. The highest BCUT2D eigenvalue weighted by Crippen LogP contribution is 2.36. The molecule has 0 saturated carbocycles. The van der Waals surface area contributed by atoms with Crippen molar-refractivity contribution in [2.45, 2.75) is 0 Å². The lowest BCUT2D eigenvalue weighted by Crippen LogP contribution is -2.18. The number of aliphatic carboxylic acids is 1. The van der Waals surface area contributed by atoms with Gasteiger partial charge in [0.1, 0.15) is 5.75 Å². The number of nitrogens with one attached hydrogen (secondary N) is 1. The standard InChI is InChI=1S/C18H16ClN3O8/c1-28-14-4-3-11(22(26)27)7-12(14)18(25)21-20-8-10-5-13(19)17(15(6-10)29-2)30-9-16(23)24/h3-8H,9H2,1-2H3,(H,21,25)(H,23,24)/b20-8-. The van der Waals surface area contributed by atoms with E-state index in [-0.39, 0.29) is 33.5 Å². The van der Waals surface area contributed by atoms with E-state index < -0.39 is 23.4 Å². The molecule has 2 aromatic rings. The molecule has 0 fully saturated rings. The minimum Gasteiger partial charge on any atom is -0.496 e. The predicted molar refractivity (Wildman–Crippen MR) is 106 cm³/mol. The van der Waals surface area contributed by atoms with Gasteiger partial charge in [0, 0.05) is 12.1 Å². The molecule has 0 radical (unpaired) electrons. The second kappa shape index (κ2) is 10.1. The molecule has 0 atom stereocenters. The molecular weight excluding hydrogens is 422 g/mol. The Hall–Kier alpha value is -3.86. The first kappa shape index (κ1) is 22.4. The smallest absolute Gasteiger partial charge is 0.341 e. The van der Waals surface area contributed by atoms with Gasteiger partial charge >= 0.3 is 5.97 Å². The van der Waals surface area contributed by atoms with Gasteiger partial charge < -0.3 is 19.3 Å². The van der Waals surface area contributed by atoms with Crippen LogP contribution in [0.5, 0.6) is 17.2 Å². The Kier molecular flexibility index (Phi) is 7.53. The number of hydrogen-bond acceptors (Lipinski definition) is 8. The fraction of sp³-hybridized carbons (Fsp3) is 0.167. The fourth-order valence-electron chi connectivity index (χ4n) is 2.30. The number of nitro benzene ring substituents is 1. The van der Waals surface area contributed by atoms with Crippen molar-refractivity contribution in [1.29, 1.82) is 0 Å². The maximum Gasteiger partial charge on any atom is 0.341 e. The van der Waals surface area contributed by atoms with Crippen LogP contribution >= 0.6 is 11.6 Å².